The minimum absolute atomic E-state index is 0.0277. The maximum atomic E-state index is 12.8. The van der Waals surface area contributed by atoms with Crippen molar-refractivity contribution in [1.29, 1.82) is 0 Å². The number of ether oxygens (including phenoxy) is 1. The Morgan fingerprint density at radius 3 is 2.72 bits per heavy atom. The Morgan fingerprint density at radius 2 is 2.07 bits per heavy atom. The number of aliphatic hydroxyl groups is 1. The Kier molecular flexibility index (Phi) is 6.60. The average Bonchev–Trinajstić information content (AvgIpc) is 3.57. The Hall–Kier alpha value is -1.80. The fourth-order valence-corrected chi connectivity index (χ4v) is 4.76. The van der Waals surface area contributed by atoms with E-state index in [1.54, 1.807) is 23.0 Å². The highest BCUT2D eigenvalue weighted by Crippen LogP contribution is 2.39. The van der Waals surface area contributed by atoms with E-state index in [9.17, 15) is 9.90 Å². The third-order valence-corrected chi connectivity index (χ3v) is 6.68. The number of hydrogen-bond donors (Lipinski definition) is 1. The van der Waals surface area contributed by atoms with Gasteiger partial charge in [0.1, 0.15) is 12.4 Å². The second-order valence-electron chi connectivity index (χ2n) is 7.27. The lowest BCUT2D eigenvalue weighted by Gasteiger charge is -2.42. The van der Waals surface area contributed by atoms with Crippen LogP contribution >= 0.6 is 23.5 Å². The molecule has 1 saturated carbocycles. The number of aromatic nitrogens is 1. The summed E-state index contributed by atoms with van der Waals surface area (Å²) in [5.41, 5.74) is 0.945. The summed E-state index contributed by atoms with van der Waals surface area (Å²) in [5.74, 6) is 0.722. The number of halogens is 1. The molecule has 2 fully saturated rings. The highest BCUT2D eigenvalue weighted by atomic mass is 35.5. The number of pyridine rings is 1. The van der Waals surface area contributed by atoms with Gasteiger partial charge < -0.3 is 14.7 Å². The van der Waals surface area contributed by atoms with Crippen LogP contribution in [-0.2, 0) is 9.53 Å². The number of hydrogen-bond acceptors (Lipinski definition) is 6. The van der Waals surface area contributed by atoms with Gasteiger partial charge >= 0.3 is 0 Å². The molecule has 0 spiro atoms. The van der Waals surface area contributed by atoms with Gasteiger partial charge in [0.15, 0.2) is 0 Å². The zero-order chi connectivity index (χ0) is 20.2. The van der Waals surface area contributed by atoms with E-state index in [1.165, 1.54) is 12.8 Å². The Labute approximate surface area is 179 Å². The summed E-state index contributed by atoms with van der Waals surface area (Å²) in [4.78, 5) is 19.1. The van der Waals surface area contributed by atoms with Gasteiger partial charge in [0.2, 0.25) is 5.91 Å². The number of benzene rings is 1. The van der Waals surface area contributed by atoms with Gasteiger partial charge in [-0.3, -0.25) is 9.10 Å². The molecule has 4 rings (SSSR count). The van der Waals surface area contributed by atoms with Crippen LogP contribution in [0.25, 0.3) is 0 Å². The largest absolute Gasteiger partial charge is 0.394 e. The quantitative estimate of drug-likeness (QED) is 0.644. The number of aliphatic hydroxyl groups excluding tert-OH is 1. The highest BCUT2D eigenvalue weighted by molar-refractivity contribution is 8.01. The van der Waals surface area contributed by atoms with Crippen LogP contribution in [0.15, 0.2) is 48.7 Å². The lowest BCUT2D eigenvalue weighted by molar-refractivity contribution is -0.153. The van der Waals surface area contributed by atoms with Crippen molar-refractivity contribution in [3.8, 4) is 0 Å². The van der Waals surface area contributed by atoms with Gasteiger partial charge in [-0.2, -0.15) is 0 Å². The molecular formula is C21H24ClN3O3S. The predicted octanol–water partition coefficient (Wildman–Crippen LogP) is 3.31. The fourth-order valence-electron chi connectivity index (χ4n) is 3.46. The zero-order valence-electron chi connectivity index (χ0n) is 16.0. The monoisotopic (exact) mass is 433 g/mol. The minimum atomic E-state index is -0.375. The van der Waals surface area contributed by atoms with Crippen LogP contribution in [0.5, 0.6) is 0 Å². The Morgan fingerprint density at radius 1 is 1.28 bits per heavy atom. The molecule has 1 aliphatic heterocycles. The standard InChI is InChI=1S/C21H24ClN3O3S/c22-16-6-4-15(5-7-16)19-13-28-14-21(27)25(19)17(12-26)11-24(29-18-8-9-18)20-3-1-2-10-23-20/h1-7,10,17-19,26H,8-9,11-14H2/t17-,19+/m1/s1. The molecule has 1 saturated heterocycles. The lowest BCUT2D eigenvalue weighted by Crippen LogP contribution is -2.54. The molecule has 29 heavy (non-hydrogen) atoms. The van der Waals surface area contributed by atoms with Crippen LogP contribution in [-0.4, -0.2) is 58.6 Å². The van der Waals surface area contributed by atoms with Gasteiger partial charge in [0, 0.05) is 16.5 Å². The van der Waals surface area contributed by atoms with Gasteiger partial charge in [0.25, 0.3) is 0 Å². The topological polar surface area (TPSA) is 65.9 Å². The summed E-state index contributed by atoms with van der Waals surface area (Å²) >= 11 is 7.77. The number of amides is 1. The lowest BCUT2D eigenvalue weighted by atomic mass is 10.0. The minimum Gasteiger partial charge on any atom is -0.394 e. The normalized spacial score (nSPS) is 20.6. The summed E-state index contributed by atoms with van der Waals surface area (Å²) < 4.78 is 7.64. The van der Waals surface area contributed by atoms with Crippen molar-refractivity contribution in [2.24, 2.45) is 0 Å². The summed E-state index contributed by atoms with van der Waals surface area (Å²) in [6, 6.07) is 12.6. The van der Waals surface area contributed by atoms with E-state index in [0.717, 1.165) is 11.4 Å². The zero-order valence-corrected chi connectivity index (χ0v) is 17.6. The molecule has 2 aromatic rings. The molecule has 154 valence electrons. The van der Waals surface area contributed by atoms with Crippen LogP contribution < -0.4 is 4.31 Å². The van der Waals surface area contributed by atoms with E-state index in [-0.39, 0.29) is 31.2 Å². The molecule has 1 aliphatic carbocycles. The number of anilines is 1. The van der Waals surface area contributed by atoms with Crippen molar-refractivity contribution in [2.75, 3.05) is 30.7 Å². The van der Waals surface area contributed by atoms with Crippen molar-refractivity contribution >= 4 is 35.3 Å². The van der Waals surface area contributed by atoms with E-state index in [2.05, 4.69) is 9.29 Å². The van der Waals surface area contributed by atoms with E-state index in [4.69, 9.17) is 16.3 Å². The Balaban J connectivity index is 1.58. The summed E-state index contributed by atoms with van der Waals surface area (Å²) in [6.07, 6.45) is 4.13. The van der Waals surface area contributed by atoms with E-state index < -0.39 is 0 Å². The van der Waals surface area contributed by atoms with Crippen LogP contribution in [0, 0.1) is 0 Å². The van der Waals surface area contributed by atoms with Crippen LogP contribution in [0.4, 0.5) is 5.82 Å². The molecule has 0 bridgehead atoms. The number of carbonyl (C=O) groups excluding carboxylic acids is 1. The molecule has 8 heteroatoms. The van der Waals surface area contributed by atoms with Crippen molar-refractivity contribution in [1.82, 2.24) is 9.88 Å². The van der Waals surface area contributed by atoms with Gasteiger partial charge in [-0.15, -0.1) is 0 Å². The summed E-state index contributed by atoms with van der Waals surface area (Å²) in [6.45, 7) is 0.776. The van der Waals surface area contributed by atoms with E-state index in [1.807, 2.05) is 42.5 Å². The average molecular weight is 434 g/mol. The van der Waals surface area contributed by atoms with Crippen LogP contribution in [0.3, 0.4) is 0 Å². The first-order valence-corrected chi connectivity index (χ1v) is 11.0. The number of carbonyl (C=O) groups is 1. The first-order chi connectivity index (χ1) is 14.2. The second kappa shape index (κ2) is 9.34. The first kappa shape index (κ1) is 20.5. The van der Waals surface area contributed by atoms with Crippen molar-refractivity contribution < 1.29 is 14.6 Å². The third kappa shape index (κ3) is 5.04. The van der Waals surface area contributed by atoms with E-state index >= 15 is 0 Å². The summed E-state index contributed by atoms with van der Waals surface area (Å²) in [7, 11) is 0. The molecule has 1 N–H and O–H groups in total. The molecule has 2 aliphatic rings. The molecule has 1 aromatic heterocycles. The molecule has 0 unspecified atom stereocenters. The number of nitrogens with zero attached hydrogens (tertiary/aromatic N) is 3. The number of rotatable bonds is 8. The van der Waals surface area contributed by atoms with Crippen molar-refractivity contribution in [2.45, 2.75) is 30.2 Å². The third-order valence-electron chi connectivity index (χ3n) is 5.07. The predicted molar refractivity (Wildman–Crippen MR) is 115 cm³/mol. The van der Waals surface area contributed by atoms with Crippen LogP contribution in [0.2, 0.25) is 5.02 Å². The maximum Gasteiger partial charge on any atom is 0.249 e. The molecule has 1 amide bonds. The first-order valence-electron chi connectivity index (χ1n) is 9.76. The molecule has 2 atom stereocenters. The molecule has 6 nitrogen and oxygen atoms in total. The van der Waals surface area contributed by atoms with Gasteiger partial charge in [-0.05, 0) is 54.6 Å². The smallest absolute Gasteiger partial charge is 0.249 e. The van der Waals surface area contributed by atoms with Crippen molar-refractivity contribution in [3.05, 3.63) is 59.2 Å². The summed E-state index contributed by atoms with van der Waals surface area (Å²) in [5, 5.41) is 11.5. The van der Waals surface area contributed by atoms with Gasteiger partial charge in [-0.1, -0.05) is 29.8 Å². The van der Waals surface area contributed by atoms with Crippen LogP contribution in [0.1, 0.15) is 24.4 Å². The maximum absolute atomic E-state index is 12.8. The molecule has 1 aromatic carbocycles. The highest BCUT2D eigenvalue weighted by Gasteiger charge is 2.37. The van der Waals surface area contributed by atoms with Gasteiger partial charge in [0.05, 0.1) is 31.8 Å². The Bertz CT molecular complexity index is 820. The molecule has 0 radical (unpaired) electrons. The van der Waals surface area contributed by atoms with Crippen molar-refractivity contribution in [3.63, 3.8) is 0 Å². The van der Waals surface area contributed by atoms with E-state index in [0.29, 0.717) is 23.4 Å². The fraction of sp³-hybridized carbons (Fsp3) is 0.429. The molecule has 2 heterocycles. The SMILES string of the molecule is O=C1COC[C@@H](c2ccc(Cl)cc2)N1[C@@H](CO)CN(SC1CC1)c1ccccn1. The molecular weight excluding hydrogens is 410 g/mol. The number of morpholine rings is 1. The second-order valence-corrected chi connectivity index (χ2v) is 9.03. The van der Waals surface area contributed by atoms with Gasteiger partial charge in [-0.25, -0.2) is 4.98 Å².